The van der Waals surface area contributed by atoms with Gasteiger partial charge in [-0.1, -0.05) is 55.8 Å². The summed E-state index contributed by atoms with van der Waals surface area (Å²) in [7, 11) is -1.28. The predicted molar refractivity (Wildman–Crippen MR) is 77.7 cm³/mol. The summed E-state index contributed by atoms with van der Waals surface area (Å²) in [6.45, 7) is 14.0. The minimum absolute atomic E-state index is 0.342. The van der Waals surface area contributed by atoms with Crippen LogP contribution >= 0.6 is 15.9 Å². The number of hydrogen-bond acceptors (Lipinski definition) is 1. The van der Waals surface area contributed by atoms with Gasteiger partial charge in [0, 0.05) is 6.42 Å². The highest BCUT2D eigenvalue weighted by atomic mass is 79.9. The van der Waals surface area contributed by atoms with Gasteiger partial charge >= 0.3 is 0 Å². The second-order valence-corrected chi connectivity index (χ2v) is 12.0. The average molecular weight is 305 g/mol. The first-order valence-electron chi connectivity index (χ1n) is 6.31. The van der Waals surface area contributed by atoms with Crippen molar-refractivity contribution in [2.24, 2.45) is 5.92 Å². The maximum Gasteiger partial charge on any atom is 0.0790 e. The third kappa shape index (κ3) is 3.20. The molecule has 3 heteroatoms. The number of ether oxygens (including phenoxy) is 1. The van der Waals surface area contributed by atoms with Crippen molar-refractivity contribution in [2.75, 3.05) is 0 Å². The van der Waals surface area contributed by atoms with Gasteiger partial charge in [0.1, 0.15) is 0 Å². The lowest BCUT2D eigenvalue weighted by Gasteiger charge is -2.39. The monoisotopic (exact) mass is 304 g/mol. The normalized spacial score (nSPS) is 29.4. The standard InChI is InChI=1S/C13H25BrOSi/c1-7-9(2)12-13(16(4,5)6)11(14)8-10(3)15-12/h9-10,12H,7-8H2,1-6H3/t9?,10-,12-/m0/s1. The summed E-state index contributed by atoms with van der Waals surface area (Å²) in [6, 6.07) is 0. The molecule has 3 atom stereocenters. The Kier molecular flexibility index (Phi) is 4.84. The van der Waals surface area contributed by atoms with Crippen LogP contribution in [0.15, 0.2) is 9.68 Å². The van der Waals surface area contributed by atoms with E-state index in [1.807, 2.05) is 0 Å². The van der Waals surface area contributed by atoms with Crippen molar-refractivity contribution in [3.63, 3.8) is 0 Å². The maximum absolute atomic E-state index is 6.20. The lowest BCUT2D eigenvalue weighted by molar-refractivity contribution is -0.0149. The Balaban J connectivity index is 3.08. The van der Waals surface area contributed by atoms with Crippen LogP contribution in [0.3, 0.4) is 0 Å². The van der Waals surface area contributed by atoms with Gasteiger partial charge in [0.2, 0.25) is 0 Å². The van der Waals surface area contributed by atoms with E-state index < -0.39 is 8.07 Å². The largest absolute Gasteiger partial charge is 0.371 e. The molecule has 0 bridgehead atoms. The molecule has 1 rings (SSSR count). The Morgan fingerprint density at radius 1 is 1.44 bits per heavy atom. The zero-order chi connectivity index (χ0) is 12.5. The van der Waals surface area contributed by atoms with Gasteiger partial charge in [0.25, 0.3) is 0 Å². The highest BCUT2D eigenvalue weighted by molar-refractivity contribution is 9.11. The van der Waals surface area contributed by atoms with Crippen molar-refractivity contribution in [2.45, 2.75) is 65.5 Å². The number of hydrogen-bond donors (Lipinski definition) is 0. The van der Waals surface area contributed by atoms with E-state index in [4.69, 9.17) is 4.74 Å². The summed E-state index contributed by atoms with van der Waals surface area (Å²) in [4.78, 5) is 0. The van der Waals surface area contributed by atoms with Gasteiger partial charge in [-0.3, -0.25) is 0 Å². The smallest absolute Gasteiger partial charge is 0.0790 e. The quantitative estimate of drug-likeness (QED) is 0.685. The molecule has 0 aromatic rings. The van der Waals surface area contributed by atoms with Crippen molar-refractivity contribution >= 4 is 24.0 Å². The molecule has 0 spiro atoms. The fourth-order valence-corrected chi connectivity index (χ4v) is 6.94. The van der Waals surface area contributed by atoms with Gasteiger partial charge in [-0.05, 0) is 22.5 Å². The molecule has 1 aliphatic rings. The highest BCUT2D eigenvalue weighted by Crippen LogP contribution is 2.38. The fourth-order valence-electron chi connectivity index (χ4n) is 2.35. The van der Waals surface area contributed by atoms with Gasteiger partial charge in [0.05, 0.1) is 20.3 Å². The second-order valence-electron chi connectivity index (χ2n) is 6.03. The van der Waals surface area contributed by atoms with E-state index in [2.05, 4.69) is 56.3 Å². The predicted octanol–water partition coefficient (Wildman–Crippen LogP) is 4.74. The van der Waals surface area contributed by atoms with E-state index >= 15 is 0 Å². The van der Waals surface area contributed by atoms with Crippen molar-refractivity contribution in [3.8, 4) is 0 Å². The molecule has 1 unspecified atom stereocenters. The van der Waals surface area contributed by atoms with Crippen LogP contribution in [-0.2, 0) is 4.74 Å². The first kappa shape index (κ1) is 14.5. The summed E-state index contributed by atoms with van der Waals surface area (Å²) < 4.78 is 7.62. The minimum Gasteiger partial charge on any atom is -0.371 e. The van der Waals surface area contributed by atoms with Crippen molar-refractivity contribution < 1.29 is 4.74 Å². The molecular formula is C13H25BrOSi. The molecule has 0 radical (unpaired) electrons. The minimum atomic E-state index is -1.28. The van der Waals surface area contributed by atoms with Crippen LogP contribution in [0.25, 0.3) is 0 Å². The molecule has 0 saturated heterocycles. The topological polar surface area (TPSA) is 9.23 Å². The van der Waals surface area contributed by atoms with Crippen molar-refractivity contribution in [1.82, 2.24) is 0 Å². The van der Waals surface area contributed by atoms with Crippen LogP contribution in [0.5, 0.6) is 0 Å². The molecular weight excluding hydrogens is 280 g/mol. The number of halogens is 1. The van der Waals surface area contributed by atoms with Crippen LogP contribution in [0.2, 0.25) is 19.6 Å². The molecule has 1 aliphatic heterocycles. The Morgan fingerprint density at radius 3 is 2.44 bits per heavy atom. The summed E-state index contributed by atoms with van der Waals surface area (Å²) >= 11 is 3.80. The van der Waals surface area contributed by atoms with Gasteiger partial charge in [-0.2, -0.15) is 0 Å². The zero-order valence-electron chi connectivity index (χ0n) is 11.4. The van der Waals surface area contributed by atoms with Gasteiger partial charge in [-0.15, -0.1) is 0 Å². The van der Waals surface area contributed by atoms with E-state index in [9.17, 15) is 0 Å². The van der Waals surface area contributed by atoms with Crippen molar-refractivity contribution in [1.29, 1.82) is 0 Å². The Hall–Kier alpha value is 0.397. The molecule has 1 heterocycles. The lowest BCUT2D eigenvalue weighted by Crippen LogP contribution is -2.42. The lowest BCUT2D eigenvalue weighted by atomic mass is 9.98. The van der Waals surface area contributed by atoms with Crippen LogP contribution in [0, 0.1) is 5.92 Å². The van der Waals surface area contributed by atoms with E-state index in [1.165, 1.54) is 10.9 Å². The molecule has 0 aromatic carbocycles. The molecule has 0 aliphatic carbocycles. The number of rotatable bonds is 3. The second kappa shape index (κ2) is 5.36. The Bertz CT molecular complexity index is 280. The van der Waals surface area contributed by atoms with Crippen LogP contribution in [0.1, 0.15) is 33.6 Å². The van der Waals surface area contributed by atoms with Crippen LogP contribution in [0.4, 0.5) is 0 Å². The zero-order valence-corrected chi connectivity index (χ0v) is 14.0. The maximum atomic E-state index is 6.20. The molecule has 1 nitrogen and oxygen atoms in total. The third-order valence-electron chi connectivity index (χ3n) is 3.39. The molecule has 0 saturated carbocycles. The van der Waals surface area contributed by atoms with E-state index in [0.29, 0.717) is 18.1 Å². The first-order valence-corrected chi connectivity index (χ1v) is 10.6. The molecule has 16 heavy (non-hydrogen) atoms. The fraction of sp³-hybridized carbons (Fsp3) is 0.846. The summed E-state index contributed by atoms with van der Waals surface area (Å²) in [5.74, 6) is 0.622. The molecule has 94 valence electrons. The Morgan fingerprint density at radius 2 is 2.00 bits per heavy atom. The molecule has 0 aromatic heterocycles. The molecule has 0 N–H and O–H groups in total. The van der Waals surface area contributed by atoms with Gasteiger partial charge in [0.15, 0.2) is 0 Å². The van der Waals surface area contributed by atoms with E-state index in [1.54, 1.807) is 5.20 Å². The first-order chi connectivity index (χ1) is 7.27. The molecule has 0 amide bonds. The van der Waals surface area contributed by atoms with Crippen LogP contribution in [-0.4, -0.2) is 20.3 Å². The van der Waals surface area contributed by atoms with E-state index in [-0.39, 0.29) is 0 Å². The SMILES string of the molecule is CCC(C)[C@@H]1O[C@@H](C)CC(Br)=C1[Si](C)(C)C. The molecule has 0 fully saturated rings. The van der Waals surface area contributed by atoms with Gasteiger partial charge < -0.3 is 4.74 Å². The van der Waals surface area contributed by atoms with Crippen LogP contribution < -0.4 is 0 Å². The van der Waals surface area contributed by atoms with E-state index in [0.717, 1.165) is 6.42 Å². The highest BCUT2D eigenvalue weighted by Gasteiger charge is 2.36. The summed E-state index contributed by atoms with van der Waals surface area (Å²) in [6.07, 6.45) is 2.93. The third-order valence-corrected chi connectivity index (χ3v) is 6.71. The average Bonchev–Trinajstić information content (AvgIpc) is 2.12. The van der Waals surface area contributed by atoms with Crippen molar-refractivity contribution in [3.05, 3.63) is 9.68 Å². The Labute approximate surface area is 110 Å². The van der Waals surface area contributed by atoms with Gasteiger partial charge in [-0.25, -0.2) is 0 Å². The summed E-state index contributed by atoms with van der Waals surface area (Å²) in [5, 5.41) is 1.60. The summed E-state index contributed by atoms with van der Waals surface area (Å²) in [5.41, 5.74) is 0.